The van der Waals surface area contributed by atoms with Crippen LogP contribution >= 0.6 is 0 Å². The zero-order valence-corrected chi connectivity index (χ0v) is 17.7. The van der Waals surface area contributed by atoms with Crippen molar-refractivity contribution in [3.8, 4) is 28.5 Å². The highest BCUT2D eigenvalue weighted by atomic mass is 16.5. The molecule has 0 aliphatic carbocycles. The molecule has 1 aromatic heterocycles. The summed E-state index contributed by atoms with van der Waals surface area (Å²) >= 11 is 0. The van der Waals surface area contributed by atoms with E-state index in [1.165, 1.54) is 10.7 Å². The van der Waals surface area contributed by atoms with E-state index in [-0.39, 0.29) is 24.6 Å². The molecule has 1 atom stereocenters. The molecule has 0 aliphatic heterocycles. The van der Waals surface area contributed by atoms with E-state index in [1.54, 1.807) is 51.5 Å². The Morgan fingerprint density at radius 3 is 2.13 bits per heavy atom. The SMILES string of the molecule is COc1ccc(OC(C)C(=O)NCCn2nc(-c3ccc(OC)cc3)ccc2=O)cc1. The van der Waals surface area contributed by atoms with Gasteiger partial charge in [-0.05, 0) is 61.5 Å². The van der Waals surface area contributed by atoms with Gasteiger partial charge in [-0.2, -0.15) is 5.10 Å². The quantitative estimate of drug-likeness (QED) is 0.569. The predicted octanol–water partition coefficient (Wildman–Crippen LogP) is 2.51. The maximum atomic E-state index is 12.3. The van der Waals surface area contributed by atoms with Crippen molar-refractivity contribution in [2.75, 3.05) is 20.8 Å². The number of hydrogen-bond donors (Lipinski definition) is 1. The van der Waals surface area contributed by atoms with E-state index in [1.807, 2.05) is 24.3 Å². The Labute approximate surface area is 180 Å². The fraction of sp³-hybridized carbons (Fsp3) is 0.261. The highest BCUT2D eigenvalue weighted by molar-refractivity contribution is 5.80. The molecule has 0 saturated heterocycles. The van der Waals surface area contributed by atoms with Crippen LogP contribution in [0.3, 0.4) is 0 Å². The molecule has 1 amide bonds. The number of carbonyl (C=O) groups excluding carboxylic acids is 1. The molecular formula is C23H25N3O5. The van der Waals surface area contributed by atoms with Gasteiger partial charge in [-0.25, -0.2) is 4.68 Å². The van der Waals surface area contributed by atoms with Crippen molar-refractivity contribution in [3.63, 3.8) is 0 Å². The predicted molar refractivity (Wildman–Crippen MR) is 117 cm³/mol. The third-order valence-electron chi connectivity index (χ3n) is 4.62. The number of ether oxygens (including phenoxy) is 3. The maximum Gasteiger partial charge on any atom is 0.266 e. The maximum absolute atomic E-state index is 12.3. The zero-order valence-electron chi connectivity index (χ0n) is 17.7. The molecule has 1 unspecified atom stereocenters. The van der Waals surface area contributed by atoms with Crippen LogP contribution in [0.2, 0.25) is 0 Å². The Balaban J connectivity index is 1.56. The first kappa shape index (κ1) is 21.9. The molecular weight excluding hydrogens is 398 g/mol. The fourth-order valence-corrected chi connectivity index (χ4v) is 2.87. The zero-order chi connectivity index (χ0) is 22.2. The van der Waals surface area contributed by atoms with E-state index in [9.17, 15) is 9.59 Å². The highest BCUT2D eigenvalue weighted by Gasteiger charge is 2.14. The minimum Gasteiger partial charge on any atom is -0.497 e. The molecule has 0 aliphatic rings. The van der Waals surface area contributed by atoms with Gasteiger partial charge in [-0.3, -0.25) is 9.59 Å². The Kier molecular flexibility index (Phi) is 7.26. The lowest BCUT2D eigenvalue weighted by molar-refractivity contribution is -0.127. The molecule has 8 nitrogen and oxygen atoms in total. The van der Waals surface area contributed by atoms with Crippen molar-refractivity contribution in [2.24, 2.45) is 0 Å². The van der Waals surface area contributed by atoms with Crippen LogP contribution in [0.5, 0.6) is 17.2 Å². The number of rotatable bonds is 9. The second-order valence-corrected chi connectivity index (χ2v) is 6.74. The molecule has 1 heterocycles. The van der Waals surface area contributed by atoms with Crippen molar-refractivity contribution < 1.29 is 19.0 Å². The lowest BCUT2D eigenvalue weighted by Gasteiger charge is -2.15. The summed E-state index contributed by atoms with van der Waals surface area (Å²) in [5.74, 6) is 1.73. The molecule has 31 heavy (non-hydrogen) atoms. The van der Waals surface area contributed by atoms with Crippen LogP contribution in [-0.2, 0) is 11.3 Å². The minimum absolute atomic E-state index is 0.240. The molecule has 0 radical (unpaired) electrons. The fourth-order valence-electron chi connectivity index (χ4n) is 2.87. The summed E-state index contributed by atoms with van der Waals surface area (Å²) in [6.45, 7) is 2.15. The van der Waals surface area contributed by atoms with Gasteiger partial charge < -0.3 is 19.5 Å². The normalized spacial score (nSPS) is 11.5. The number of amides is 1. The second kappa shape index (κ2) is 10.3. The number of aromatic nitrogens is 2. The van der Waals surface area contributed by atoms with Crippen molar-refractivity contribution in [2.45, 2.75) is 19.6 Å². The molecule has 3 rings (SSSR count). The smallest absolute Gasteiger partial charge is 0.266 e. The number of benzene rings is 2. The molecule has 8 heteroatoms. The van der Waals surface area contributed by atoms with Crippen molar-refractivity contribution in [1.29, 1.82) is 0 Å². The van der Waals surface area contributed by atoms with Crippen LogP contribution in [0.15, 0.2) is 65.5 Å². The number of methoxy groups -OCH3 is 2. The monoisotopic (exact) mass is 423 g/mol. The van der Waals surface area contributed by atoms with E-state index < -0.39 is 6.10 Å². The second-order valence-electron chi connectivity index (χ2n) is 6.74. The summed E-state index contributed by atoms with van der Waals surface area (Å²) in [6, 6.07) is 17.5. The number of carbonyl (C=O) groups is 1. The third kappa shape index (κ3) is 5.85. The average molecular weight is 423 g/mol. The van der Waals surface area contributed by atoms with Gasteiger partial charge in [0.15, 0.2) is 6.10 Å². The standard InChI is InChI=1S/C23H25N3O5/c1-16(31-20-10-8-19(30-3)9-11-20)23(28)24-14-15-26-22(27)13-12-21(25-26)17-4-6-18(29-2)7-5-17/h4-13,16H,14-15H2,1-3H3,(H,24,28). The lowest BCUT2D eigenvalue weighted by Crippen LogP contribution is -2.39. The molecule has 0 spiro atoms. The molecule has 1 N–H and O–H groups in total. The van der Waals surface area contributed by atoms with E-state index in [0.29, 0.717) is 17.2 Å². The molecule has 2 aromatic carbocycles. The summed E-state index contributed by atoms with van der Waals surface area (Å²) in [7, 11) is 3.18. The highest BCUT2D eigenvalue weighted by Crippen LogP contribution is 2.20. The summed E-state index contributed by atoms with van der Waals surface area (Å²) in [4.78, 5) is 24.5. The molecule has 0 bridgehead atoms. The lowest BCUT2D eigenvalue weighted by atomic mass is 10.1. The van der Waals surface area contributed by atoms with Crippen LogP contribution in [-0.4, -0.2) is 42.6 Å². The molecule has 162 valence electrons. The summed E-state index contributed by atoms with van der Waals surface area (Å²) < 4.78 is 17.2. The van der Waals surface area contributed by atoms with Crippen LogP contribution in [0.1, 0.15) is 6.92 Å². The average Bonchev–Trinajstić information content (AvgIpc) is 2.80. The van der Waals surface area contributed by atoms with Crippen LogP contribution in [0, 0.1) is 0 Å². The van der Waals surface area contributed by atoms with Crippen molar-refractivity contribution in [1.82, 2.24) is 15.1 Å². The van der Waals surface area contributed by atoms with Crippen molar-refractivity contribution >= 4 is 5.91 Å². The van der Waals surface area contributed by atoms with E-state index >= 15 is 0 Å². The summed E-state index contributed by atoms with van der Waals surface area (Å²) in [5.41, 5.74) is 1.28. The Morgan fingerprint density at radius 2 is 1.52 bits per heavy atom. The van der Waals surface area contributed by atoms with Crippen LogP contribution in [0.25, 0.3) is 11.3 Å². The number of hydrogen-bond acceptors (Lipinski definition) is 6. The summed E-state index contributed by atoms with van der Waals surface area (Å²) in [6.07, 6.45) is -0.691. The van der Waals surface area contributed by atoms with Crippen molar-refractivity contribution in [3.05, 3.63) is 71.0 Å². The Morgan fingerprint density at radius 1 is 0.935 bits per heavy atom. The largest absolute Gasteiger partial charge is 0.497 e. The topological polar surface area (TPSA) is 91.7 Å². The van der Waals surface area contributed by atoms with Gasteiger partial charge in [0.25, 0.3) is 11.5 Å². The van der Waals surface area contributed by atoms with Gasteiger partial charge in [-0.1, -0.05) is 0 Å². The summed E-state index contributed by atoms with van der Waals surface area (Å²) in [5, 5.41) is 7.16. The van der Waals surface area contributed by atoms with E-state index in [2.05, 4.69) is 10.4 Å². The minimum atomic E-state index is -0.691. The van der Waals surface area contributed by atoms with Gasteiger partial charge >= 0.3 is 0 Å². The van der Waals surface area contributed by atoms with Gasteiger partial charge in [0.2, 0.25) is 0 Å². The first-order valence-corrected chi connectivity index (χ1v) is 9.81. The number of nitrogens with zero attached hydrogens (tertiary/aromatic N) is 2. The van der Waals surface area contributed by atoms with Crippen LogP contribution in [0.4, 0.5) is 0 Å². The van der Waals surface area contributed by atoms with Gasteiger partial charge in [-0.15, -0.1) is 0 Å². The van der Waals surface area contributed by atoms with E-state index in [0.717, 1.165) is 11.3 Å². The number of nitrogens with one attached hydrogen (secondary N) is 1. The van der Waals surface area contributed by atoms with Gasteiger partial charge in [0.1, 0.15) is 17.2 Å². The molecule has 0 fully saturated rings. The molecule has 0 saturated carbocycles. The van der Waals surface area contributed by atoms with Gasteiger partial charge in [0, 0.05) is 18.2 Å². The van der Waals surface area contributed by atoms with E-state index in [4.69, 9.17) is 14.2 Å². The first-order chi connectivity index (χ1) is 15.0. The van der Waals surface area contributed by atoms with Crippen LogP contribution < -0.4 is 25.1 Å². The van der Waals surface area contributed by atoms with Gasteiger partial charge in [0.05, 0.1) is 26.5 Å². The third-order valence-corrected chi connectivity index (χ3v) is 4.62. The Hall–Kier alpha value is -3.81. The Bertz CT molecular complexity index is 1060. The molecule has 3 aromatic rings. The first-order valence-electron chi connectivity index (χ1n) is 9.81.